The average Bonchev–Trinajstić information content (AvgIpc) is 2.85. The zero-order valence-electron chi connectivity index (χ0n) is 20.5. The van der Waals surface area contributed by atoms with E-state index in [1.165, 1.54) is 0 Å². The molecule has 0 aliphatic heterocycles. The molecular weight excluding hydrogens is 502 g/mol. The van der Waals surface area contributed by atoms with Gasteiger partial charge in [-0.1, -0.05) is 76.2 Å². The molecule has 0 amide bonds. The van der Waals surface area contributed by atoms with Crippen LogP contribution in [0.5, 0.6) is 23.0 Å². The summed E-state index contributed by atoms with van der Waals surface area (Å²) in [7, 11) is 0. The zero-order chi connectivity index (χ0) is 25.9. The Morgan fingerprint density at radius 2 is 1.21 bits per heavy atom. The summed E-state index contributed by atoms with van der Waals surface area (Å²) >= 11 is 5.93. The van der Waals surface area contributed by atoms with Crippen LogP contribution < -0.4 is 26.3 Å². The van der Waals surface area contributed by atoms with Gasteiger partial charge in [0.05, 0.1) is 11.4 Å². The molecule has 0 aliphatic carbocycles. The quantitative estimate of drug-likeness (QED) is 0.154. The molecule has 9 nitrogen and oxygen atoms in total. The smallest absolute Gasteiger partial charge is 0.222 e. The Kier molecular flexibility index (Phi) is 13.3. The summed E-state index contributed by atoms with van der Waals surface area (Å²) in [5.41, 5.74) is 12.5. The molecule has 4 aromatic rings. The molecule has 204 valence electrons. The summed E-state index contributed by atoms with van der Waals surface area (Å²) in [6.07, 6.45) is 2.18. The number of nitrogens with zero attached hydrogens (tertiary/aromatic N) is 4. The van der Waals surface area contributed by atoms with Crippen LogP contribution in [-0.2, 0) is 0 Å². The summed E-state index contributed by atoms with van der Waals surface area (Å²) in [6.45, 7) is 6.60. The highest BCUT2D eigenvalue weighted by molar-refractivity contribution is 6.31. The van der Waals surface area contributed by atoms with Crippen LogP contribution in [0.15, 0.2) is 60.7 Å². The largest absolute Gasteiger partial charge is 0.452 e. The highest BCUT2D eigenvalue weighted by Crippen LogP contribution is 2.32. The van der Waals surface area contributed by atoms with Crippen molar-refractivity contribution in [3.05, 3.63) is 77.2 Å². The van der Waals surface area contributed by atoms with Crippen molar-refractivity contribution < 1.29 is 9.47 Å². The number of halogens is 1. The minimum absolute atomic E-state index is 0. The van der Waals surface area contributed by atoms with Crippen LogP contribution >= 0.6 is 11.6 Å². The highest BCUT2D eigenvalue weighted by atomic mass is 35.5. The lowest BCUT2D eigenvalue weighted by Gasteiger charge is -2.14. The highest BCUT2D eigenvalue weighted by Gasteiger charge is 2.13. The molecule has 0 saturated carbocycles. The molecule has 2 aromatic carbocycles. The van der Waals surface area contributed by atoms with Crippen LogP contribution in [0.3, 0.4) is 0 Å². The van der Waals surface area contributed by atoms with E-state index >= 15 is 0 Å². The van der Waals surface area contributed by atoms with E-state index in [1.54, 1.807) is 6.92 Å². The molecule has 38 heavy (non-hydrogen) atoms. The molecule has 4 rings (SSSR count). The lowest BCUT2D eigenvalue weighted by molar-refractivity contribution is 0.473. The minimum atomic E-state index is 0. The minimum Gasteiger partial charge on any atom is -0.452 e. The number of hydrogen-bond donors (Lipinski definition) is 3. The normalized spacial score (nSPS) is 9.68. The Hall–Kier alpha value is -4.11. The van der Waals surface area contributed by atoms with Gasteiger partial charge in [-0.15, -0.1) is 0 Å². The van der Waals surface area contributed by atoms with E-state index in [-0.39, 0.29) is 31.9 Å². The molecule has 2 heterocycles. The predicted octanol–water partition coefficient (Wildman–Crippen LogP) is 7.46. The van der Waals surface area contributed by atoms with Crippen molar-refractivity contribution >= 4 is 29.3 Å². The predicted molar refractivity (Wildman–Crippen MR) is 157 cm³/mol. The number of para-hydroxylation sites is 2. The van der Waals surface area contributed by atoms with Gasteiger partial charge in [-0.3, -0.25) is 0 Å². The molecule has 0 saturated heterocycles. The topological polar surface area (TPSA) is 134 Å². The first-order valence-corrected chi connectivity index (χ1v) is 11.9. The second-order valence-corrected chi connectivity index (χ2v) is 8.10. The molecule has 10 heteroatoms. The molecule has 0 fully saturated rings. The van der Waals surface area contributed by atoms with E-state index in [1.807, 2.05) is 67.6 Å². The average molecular weight is 540 g/mol. The van der Waals surface area contributed by atoms with Gasteiger partial charge in [-0.05, 0) is 44.5 Å². The van der Waals surface area contributed by atoms with Gasteiger partial charge in [-0.2, -0.15) is 9.97 Å². The lowest BCUT2D eigenvalue weighted by atomic mass is 10.3. The Labute approximate surface area is 230 Å². The first-order chi connectivity index (χ1) is 17.4. The van der Waals surface area contributed by atoms with Crippen molar-refractivity contribution in [2.45, 2.75) is 48.5 Å². The van der Waals surface area contributed by atoms with E-state index in [9.17, 15) is 0 Å². The summed E-state index contributed by atoms with van der Waals surface area (Å²) < 4.78 is 11.5. The fourth-order valence-electron chi connectivity index (χ4n) is 3.09. The van der Waals surface area contributed by atoms with E-state index in [4.69, 9.17) is 32.5 Å². The van der Waals surface area contributed by atoms with Gasteiger partial charge in [-0.25, -0.2) is 9.97 Å². The van der Waals surface area contributed by atoms with Crippen molar-refractivity contribution in [2.75, 3.05) is 23.3 Å². The van der Waals surface area contributed by atoms with Crippen LogP contribution in [0.4, 0.5) is 17.7 Å². The number of nitrogens with one attached hydrogen (secondary N) is 1. The summed E-state index contributed by atoms with van der Waals surface area (Å²) in [6, 6.07) is 18.9. The zero-order valence-corrected chi connectivity index (χ0v) is 21.3. The maximum atomic E-state index is 5.93. The van der Waals surface area contributed by atoms with E-state index in [2.05, 4.69) is 32.2 Å². The lowest BCUT2D eigenvalue weighted by Crippen LogP contribution is -2.09. The van der Waals surface area contributed by atoms with Crippen molar-refractivity contribution in [3.63, 3.8) is 0 Å². The monoisotopic (exact) mass is 539 g/mol. The van der Waals surface area contributed by atoms with Crippen LogP contribution in [0.2, 0.25) is 5.15 Å². The number of nitrogens with two attached hydrogens (primary N) is 2. The molecule has 0 unspecified atom stereocenters. The summed E-state index contributed by atoms with van der Waals surface area (Å²) in [5.74, 6) is 3.53. The van der Waals surface area contributed by atoms with Crippen LogP contribution in [0.25, 0.3) is 0 Å². The molecule has 0 spiro atoms. The van der Waals surface area contributed by atoms with Crippen molar-refractivity contribution in [3.8, 4) is 23.0 Å². The summed E-state index contributed by atoms with van der Waals surface area (Å²) in [5, 5.41) is 3.48. The van der Waals surface area contributed by atoms with Crippen LogP contribution in [-0.4, -0.2) is 26.5 Å². The van der Waals surface area contributed by atoms with E-state index in [0.717, 1.165) is 30.8 Å². The van der Waals surface area contributed by atoms with Gasteiger partial charge in [0.15, 0.2) is 22.5 Å². The molecule has 0 atom stereocenters. The first kappa shape index (κ1) is 31.9. The number of benzene rings is 2. The number of rotatable bonds is 8. The maximum Gasteiger partial charge on any atom is 0.222 e. The van der Waals surface area contributed by atoms with E-state index in [0.29, 0.717) is 28.8 Å². The van der Waals surface area contributed by atoms with Crippen molar-refractivity contribution in [2.24, 2.45) is 0 Å². The van der Waals surface area contributed by atoms with Gasteiger partial charge in [0.2, 0.25) is 11.9 Å². The summed E-state index contributed by atoms with van der Waals surface area (Å²) in [4.78, 5) is 16.2. The fraction of sp³-hybridized carbons (Fsp3) is 0.286. The standard InChI is InChI=1S/C15H20N4O.C11H10ClN3O.2CH4/c1-3-4-10-17-14-13(11(2)18-15(16)19-14)20-12-8-6-5-7-9-12;1-7-9(10(12)15-11(13)14-7)16-8-5-3-2-4-6-8;;/h5-9H,3-4,10H2,1-2H3,(H3,16,17,18,19);2-6H,1H3,(H2,13,14,15);2*1H4. The third-order valence-corrected chi connectivity index (χ3v) is 5.07. The Morgan fingerprint density at radius 1 is 0.737 bits per heavy atom. The SMILES string of the molecule is C.C.CCCCNc1nc(N)nc(C)c1Oc1ccccc1.Cc1nc(N)nc(Cl)c1Oc1ccccc1. The van der Waals surface area contributed by atoms with Gasteiger partial charge in [0.25, 0.3) is 0 Å². The number of ether oxygens (including phenoxy) is 2. The number of aromatic nitrogens is 4. The molecule has 0 aliphatic rings. The third-order valence-electron chi connectivity index (χ3n) is 4.81. The van der Waals surface area contributed by atoms with Gasteiger partial charge < -0.3 is 26.3 Å². The molecule has 0 bridgehead atoms. The second kappa shape index (κ2) is 15.9. The molecule has 2 aromatic heterocycles. The number of hydrogen-bond acceptors (Lipinski definition) is 9. The number of nitrogen functional groups attached to an aromatic ring is 2. The number of unbranched alkanes of at least 4 members (excludes halogenated alkanes) is 1. The Morgan fingerprint density at radius 3 is 1.71 bits per heavy atom. The van der Waals surface area contributed by atoms with Gasteiger partial charge in [0, 0.05) is 6.54 Å². The second-order valence-electron chi connectivity index (χ2n) is 7.74. The maximum absolute atomic E-state index is 5.93. The van der Waals surface area contributed by atoms with E-state index < -0.39 is 0 Å². The van der Waals surface area contributed by atoms with Crippen LogP contribution in [0.1, 0.15) is 46.0 Å². The Bertz CT molecular complexity index is 1240. The number of aryl methyl sites for hydroxylation is 2. The number of anilines is 3. The van der Waals surface area contributed by atoms with Crippen molar-refractivity contribution in [1.29, 1.82) is 0 Å². The van der Waals surface area contributed by atoms with Crippen molar-refractivity contribution in [1.82, 2.24) is 19.9 Å². The van der Waals surface area contributed by atoms with Gasteiger partial charge >= 0.3 is 0 Å². The van der Waals surface area contributed by atoms with Gasteiger partial charge in [0.1, 0.15) is 11.5 Å². The Balaban J connectivity index is 0.000000368. The first-order valence-electron chi connectivity index (χ1n) is 11.5. The third kappa shape index (κ3) is 9.40. The van der Waals surface area contributed by atoms with Crippen LogP contribution in [0, 0.1) is 13.8 Å². The fourth-order valence-corrected chi connectivity index (χ4v) is 3.35. The molecule has 0 radical (unpaired) electrons. The molecule has 5 N–H and O–H groups in total. The molecular formula is C28H38ClN7O2.